The van der Waals surface area contributed by atoms with Gasteiger partial charge in [0.15, 0.2) is 5.72 Å². The molecule has 0 aliphatic carbocycles. The number of benzene rings is 1. The summed E-state index contributed by atoms with van der Waals surface area (Å²) in [5.41, 5.74) is -2.57. The van der Waals surface area contributed by atoms with Gasteiger partial charge in [-0.3, -0.25) is 4.90 Å². The zero-order valence-electron chi connectivity index (χ0n) is 22.2. The Bertz CT molecular complexity index is 1110. The number of carbonyl (C=O) groups excluding carboxylic acids is 1. The highest BCUT2D eigenvalue weighted by atomic mass is 19.4. The summed E-state index contributed by atoms with van der Waals surface area (Å²) < 4.78 is 71.6. The van der Waals surface area contributed by atoms with Gasteiger partial charge in [-0.25, -0.2) is 4.79 Å². The maximum absolute atomic E-state index is 14.2. The molecule has 1 aromatic carbocycles. The molecule has 4 aliphatic heterocycles. The number of ether oxygens (including phenoxy) is 5. The fraction of sp³-hybridized carbons (Fsp3) is 0.667. The Kier molecular flexibility index (Phi) is 7.06. The number of anilines is 1. The largest absolute Gasteiger partial charge is 0.504 e. The van der Waals surface area contributed by atoms with Crippen LogP contribution in [0.4, 0.5) is 18.9 Å². The lowest BCUT2D eigenvalue weighted by atomic mass is 9.66. The third-order valence-corrected chi connectivity index (χ3v) is 8.67. The van der Waals surface area contributed by atoms with Crippen molar-refractivity contribution in [2.24, 2.45) is 11.8 Å². The molecule has 0 unspecified atom stereocenters. The number of hydrogen-bond acceptors (Lipinski definition) is 8. The summed E-state index contributed by atoms with van der Waals surface area (Å²) in [6.07, 6.45) is -0.476. The second kappa shape index (κ2) is 9.91. The van der Waals surface area contributed by atoms with Gasteiger partial charge >= 0.3 is 12.1 Å². The number of methoxy groups -OCH3 is 3. The van der Waals surface area contributed by atoms with Crippen LogP contribution in [0.25, 0.3) is 0 Å². The third-order valence-electron chi connectivity index (χ3n) is 8.67. The van der Waals surface area contributed by atoms with Crippen molar-refractivity contribution in [2.45, 2.75) is 56.2 Å². The first kappa shape index (κ1) is 27.1. The molecule has 1 aromatic rings. The Labute approximate surface area is 220 Å². The molecular formula is C27H35F3N2O6. The first-order valence-corrected chi connectivity index (χ1v) is 13.1. The van der Waals surface area contributed by atoms with E-state index in [1.54, 1.807) is 0 Å². The quantitative estimate of drug-likeness (QED) is 0.325. The predicted molar refractivity (Wildman–Crippen MR) is 132 cm³/mol. The molecule has 5 rings (SSSR count). The topological polar surface area (TPSA) is 78.5 Å². The van der Waals surface area contributed by atoms with Crippen LogP contribution in [-0.4, -0.2) is 70.3 Å². The molecular weight excluding hydrogens is 505 g/mol. The van der Waals surface area contributed by atoms with Crippen LogP contribution in [0.2, 0.25) is 0 Å². The highest BCUT2D eigenvalue weighted by molar-refractivity contribution is 5.88. The minimum atomic E-state index is -4.59. The lowest BCUT2D eigenvalue weighted by Gasteiger charge is -2.61. The SMILES string of the molecule is CCC[C@@H]1CN2CC[C@@]34OCCO[C@@]3(Nc3c(C(F)(F)F)ccc(OC)c34)[C@@H]2C[C@@H]1/C(=C\OC)C(=O)OC. The summed E-state index contributed by atoms with van der Waals surface area (Å²) in [6, 6.07) is 2.00. The molecule has 0 radical (unpaired) electrons. The minimum Gasteiger partial charge on any atom is -0.504 e. The van der Waals surface area contributed by atoms with E-state index >= 15 is 0 Å². The predicted octanol–water partition coefficient (Wildman–Crippen LogP) is 4.29. The van der Waals surface area contributed by atoms with E-state index in [0.717, 1.165) is 18.9 Å². The molecule has 3 saturated heterocycles. The second-order valence-electron chi connectivity index (χ2n) is 10.4. The number of nitrogens with zero attached hydrogens (tertiary/aromatic N) is 1. The van der Waals surface area contributed by atoms with E-state index in [0.29, 0.717) is 42.8 Å². The monoisotopic (exact) mass is 540 g/mol. The smallest absolute Gasteiger partial charge is 0.418 e. The zero-order valence-corrected chi connectivity index (χ0v) is 22.2. The summed E-state index contributed by atoms with van der Waals surface area (Å²) >= 11 is 0. The summed E-state index contributed by atoms with van der Waals surface area (Å²) in [4.78, 5) is 15.1. The van der Waals surface area contributed by atoms with Crippen LogP contribution in [0, 0.1) is 11.8 Å². The van der Waals surface area contributed by atoms with Crippen LogP contribution in [-0.2, 0) is 35.5 Å². The van der Waals surface area contributed by atoms with Gasteiger partial charge in [0.05, 0.1) is 69.2 Å². The number of piperidine rings is 2. The third kappa shape index (κ3) is 3.88. The van der Waals surface area contributed by atoms with Crippen molar-refractivity contribution in [3.8, 4) is 5.75 Å². The van der Waals surface area contributed by atoms with Crippen molar-refractivity contribution in [3.63, 3.8) is 0 Å². The van der Waals surface area contributed by atoms with Gasteiger partial charge < -0.3 is 29.0 Å². The molecule has 4 aliphatic rings. The molecule has 38 heavy (non-hydrogen) atoms. The Morgan fingerprint density at radius 2 is 2.00 bits per heavy atom. The normalized spacial score (nSPS) is 32.8. The lowest BCUT2D eigenvalue weighted by molar-refractivity contribution is -0.297. The van der Waals surface area contributed by atoms with E-state index in [4.69, 9.17) is 23.7 Å². The number of carbonyl (C=O) groups is 1. The minimum absolute atomic E-state index is 0.0616. The van der Waals surface area contributed by atoms with Gasteiger partial charge in [-0.15, -0.1) is 0 Å². The van der Waals surface area contributed by atoms with Gasteiger partial charge in [0, 0.05) is 13.1 Å². The van der Waals surface area contributed by atoms with E-state index in [1.165, 1.54) is 33.7 Å². The maximum atomic E-state index is 14.2. The lowest BCUT2D eigenvalue weighted by Crippen LogP contribution is -2.75. The fourth-order valence-electron chi connectivity index (χ4n) is 7.26. The molecule has 0 saturated carbocycles. The highest BCUT2D eigenvalue weighted by Gasteiger charge is 2.71. The van der Waals surface area contributed by atoms with Gasteiger partial charge in [-0.05, 0) is 43.2 Å². The average molecular weight is 541 g/mol. The van der Waals surface area contributed by atoms with Crippen LogP contribution in [0.3, 0.4) is 0 Å². The number of rotatable bonds is 6. The van der Waals surface area contributed by atoms with Crippen molar-refractivity contribution in [1.29, 1.82) is 0 Å². The van der Waals surface area contributed by atoms with Gasteiger partial charge in [0.2, 0.25) is 0 Å². The molecule has 5 atom stereocenters. The molecule has 0 aromatic heterocycles. The standard InChI is InChI=1S/C27H35F3N2O6/c1-5-6-16-14-32-10-9-25-22-20(35-3)8-7-19(27(28,29)30)23(22)31-26(25,38-12-11-37-25)21(32)13-17(16)18(15-34-2)24(33)36-4/h7-8,15-17,21,31H,5-6,9-14H2,1-4H3/b18-15+/t16-,17+,21+,25+,26+/m1/s1. The van der Waals surface area contributed by atoms with E-state index in [-0.39, 0.29) is 30.7 Å². The highest BCUT2D eigenvalue weighted by Crippen LogP contribution is 2.63. The number of fused-ring (bicyclic) bond motifs is 2. The molecule has 0 spiro atoms. The first-order chi connectivity index (χ1) is 18.2. The summed E-state index contributed by atoms with van der Waals surface area (Å²) in [5, 5.41) is 3.22. The van der Waals surface area contributed by atoms with Crippen LogP contribution in [0.1, 0.15) is 43.7 Å². The van der Waals surface area contributed by atoms with Gasteiger partial charge in [-0.2, -0.15) is 13.2 Å². The molecule has 210 valence electrons. The summed E-state index contributed by atoms with van der Waals surface area (Å²) in [6.45, 7) is 3.82. The Balaban J connectivity index is 1.65. The Hall–Kier alpha value is -2.50. The summed E-state index contributed by atoms with van der Waals surface area (Å²) in [7, 11) is 4.26. The molecule has 11 heteroatoms. The van der Waals surface area contributed by atoms with Crippen molar-refractivity contribution in [2.75, 3.05) is 52.9 Å². The van der Waals surface area contributed by atoms with Gasteiger partial charge in [0.25, 0.3) is 0 Å². The Morgan fingerprint density at radius 1 is 1.24 bits per heavy atom. The molecule has 1 N–H and O–H groups in total. The number of hydrogen-bond donors (Lipinski definition) is 1. The maximum Gasteiger partial charge on any atom is 0.418 e. The molecule has 4 heterocycles. The van der Waals surface area contributed by atoms with Crippen LogP contribution in [0.15, 0.2) is 24.0 Å². The van der Waals surface area contributed by atoms with E-state index in [9.17, 15) is 18.0 Å². The Morgan fingerprint density at radius 3 is 2.66 bits per heavy atom. The average Bonchev–Trinajstić information content (AvgIpc) is 3.22. The van der Waals surface area contributed by atoms with Crippen LogP contribution in [0.5, 0.6) is 5.75 Å². The zero-order chi connectivity index (χ0) is 27.3. The van der Waals surface area contributed by atoms with Crippen LogP contribution < -0.4 is 10.1 Å². The molecule has 8 nitrogen and oxygen atoms in total. The first-order valence-electron chi connectivity index (χ1n) is 13.1. The number of esters is 1. The fourth-order valence-corrected chi connectivity index (χ4v) is 7.26. The second-order valence-corrected chi connectivity index (χ2v) is 10.4. The molecule has 3 fully saturated rings. The van der Waals surface area contributed by atoms with E-state index in [1.807, 2.05) is 0 Å². The molecule has 0 amide bonds. The molecule has 0 bridgehead atoms. The van der Waals surface area contributed by atoms with Gasteiger partial charge in [0.1, 0.15) is 11.4 Å². The van der Waals surface area contributed by atoms with Gasteiger partial charge in [-0.1, -0.05) is 13.3 Å². The van der Waals surface area contributed by atoms with E-state index < -0.39 is 35.1 Å². The number of nitrogens with one attached hydrogen (secondary N) is 1. The number of alkyl halides is 3. The summed E-state index contributed by atoms with van der Waals surface area (Å²) in [5.74, 6) is -0.259. The van der Waals surface area contributed by atoms with Crippen molar-refractivity contribution in [1.82, 2.24) is 4.90 Å². The van der Waals surface area contributed by atoms with Crippen molar-refractivity contribution < 1.29 is 41.7 Å². The number of halogens is 3. The van der Waals surface area contributed by atoms with Crippen LogP contribution >= 0.6 is 0 Å². The van der Waals surface area contributed by atoms with Crippen molar-refractivity contribution >= 4 is 11.7 Å². The van der Waals surface area contributed by atoms with Crippen molar-refractivity contribution in [3.05, 3.63) is 35.1 Å². The van der Waals surface area contributed by atoms with E-state index in [2.05, 4.69) is 17.1 Å².